The van der Waals surface area contributed by atoms with Crippen LogP contribution in [0.4, 0.5) is 10.2 Å². The number of hydrogen-bond acceptors (Lipinski definition) is 9. The van der Waals surface area contributed by atoms with Crippen LogP contribution >= 0.6 is 0 Å². The molecule has 0 bridgehead atoms. The van der Waals surface area contributed by atoms with Gasteiger partial charge in [-0.15, -0.1) is 0 Å². The number of halogens is 1. The van der Waals surface area contributed by atoms with Gasteiger partial charge >= 0.3 is 0 Å². The number of carbonyl (C=O) groups is 1. The third-order valence-corrected chi connectivity index (χ3v) is 6.21. The van der Waals surface area contributed by atoms with Crippen molar-refractivity contribution in [1.82, 2.24) is 24.8 Å². The monoisotopic (exact) mass is 468 g/mol. The van der Waals surface area contributed by atoms with E-state index in [1.165, 1.54) is 12.3 Å². The van der Waals surface area contributed by atoms with Gasteiger partial charge < -0.3 is 29.4 Å². The second-order valence-corrected chi connectivity index (χ2v) is 8.49. The van der Waals surface area contributed by atoms with Crippen LogP contribution in [0, 0.1) is 5.82 Å². The number of anilines is 1. The van der Waals surface area contributed by atoms with E-state index < -0.39 is 12.1 Å². The predicted octanol–water partition coefficient (Wildman–Crippen LogP) is 0.675. The van der Waals surface area contributed by atoms with E-state index in [1.807, 2.05) is 0 Å². The Bertz CT molecular complexity index is 1340. The first kappa shape index (κ1) is 21.1. The average Bonchev–Trinajstić information content (AvgIpc) is 3.23. The van der Waals surface area contributed by atoms with Crippen LogP contribution in [0.15, 0.2) is 29.3 Å². The van der Waals surface area contributed by atoms with Gasteiger partial charge in [0.25, 0.3) is 17.3 Å². The van der Waals surface area contributed by atoms with Crippen LogP contribution in [0.1, 0.15) is 23.6 Å². The summed E-state index contributed by atoms with van der Waals surface area (Å²) in [6, 6.07) is 3.00. The summed E-state index contributed by atoms with van der Waals surface area (Å²) < 4.78 is 33.2. The molecule has 3 aromatic heterocycles. The average molecular weight is 468 g/mol. The molecule has 1 amide bonds. The zero-order chi connectivity index (χ0) is 23.2. The number of nitrogens with zero attached hydrogens (tertiary/aromatic N) is 4. The first-order valence-electron chi connectivity index (χ1n) is 11.0. The molecule has 0 radical (unpaired) electrons. The van der Waals surface area contributed by atoms with Crippen LogP contribution in [0.5, 0.6) is 5.88 Å². The van der Waals surface area contributed by atoms with Crippen LogP contribution in [0.2, 0.25) is 0 Å². The summed E-state index contributed by atoms with van der Waals surface area (Å²) >= 11 is 0. The van der Waals surface area contributed by atoms with Crippen LogP contribution in [0.3, 0.4) is 0 Å². The number of hydrogen-bond donors (Lipinski definition) is 2. The summed E-state index contributed by atoms with van der Waals surface area (Å²) in [5, 5.41) is 5.93. The van der Waals surface area contributed by atoms with Gasteiger partial charge in [-0.25, -0.2) is 14.4 Å². The van der Waals surface area contributed by atoms with Crippen molar-refractivity contribution in [2.75, 3.05) is 25.1 Å². The second kappa shape index (κ2) is 8.38. The Morgan fingerprint density at radius 1 is 1.18 bits per heavy atom. The van der Waals surface area contributed by atoms with Crippen molar-refractivity contribution in [3.8, 4) is 5.88 Å². The van der Waals surface area contributed by atoms with Gasteiger partial charge in [0, 0.05) is 37.1 Å². The molecule has 3 aromatic rings. The van der Waals surface area contributed by atoms with Gasteiger partial charge in [0.15, 0.2) is 18.7 Å². The van der Waals surface area contributed by atoms with Gasteiger partial charge in [-0.1, -0.05) is 0 Å². The van der Waals surface area contributed by atoms with Crippen LogP contribution in [-0.2, 0) is 27.4 Å². The number of fused-ring (bicyclic) bond motifs is 1. The molecule has 1 saturated heterocycles. The molecule has 0 aromatic carbocycles. The fourth-order valence-corrected chi connectivity index (χ4v) is 4.60. The molecule has 1 unspecified atom stereocenters. The summed E-state index contributed by atoms with van der Waals surface area (Å²) in [6.07, 6.45) is 2.71. The lowest BCUT2D eigenvalue weighted by molar-refractivity contribution is -0.194. The van der Waals surface area contributed by atoms with E-state index in [-0.39, 0.29) is 30.0 Å². The van der Waals surface area contributed by atoms with E-state index in [2.05, 4.69) is 25.6 Å². The minimum Gasteiger partial charge on any atom is -0.465 e. The first-order valence-corrected chi connectivity index (χ1v) is 11.0. The smallest absolute Gasteiger partial charge is 0.263 e. The molecule has 34 heavy (non-hydrogen) atoms. The molecule has 1 atom stereocenters. The number of rotatable bonds is 5. The van der Waals surface area contributed by atoms with E-state index in [1.54, 1.807) is 16.8 Å². The minimum absolute atomic E-state index is 0.0699. The van der Waals surface area contributed by atoms with E-state index >= 15 is 0 Å². The van der Waals surface area contributed by atoms with Crippen molar-refractivity contribution in [3.05, 3.63) is 52.0 Å². The number of amides is 1. The Morgan fingerprint density at radius 2 is 2.03 bits per heavy atom. The molecule has 6 rings (SSSR count). The molecule has 11 nitrogen and oxygen atoms in total. The SMILES string of the molecule is O=C1COc2ncc(CNC3COC(CC4Cn5c(=O)ccc6ncc(F)c4c65)OC3)nc2N1. The molecule has 2 N–H and O–H groups in total. The zero-order valence-electron chi connectivity index (χ0n) is 18.0. The lowest BCUT2D eigenvalue weighted by Gasteiger charge is -2.31. The van der Waals surface area contributed by atoms with E-state index in [4.69, 9.17) is 14.2 Å². The molecule has 3 aliphatic heterocycles. The van der Waals surface area contributed by atoms with Crippen LogP contribution in [-0.4, -0.2) is 57.6 Å². The van der Waals surface area contributed by atoms with Crippen molar-refractivity contribution >= 4 is 22.8 Å². The maximum absolute atomic E-state index is 14.6. The largest absolute Gasteiger partial charge is 0.465 e. The van der Waals surface area contributed by atoms with E-state index in [0.717, 1.165) is 0 Å². The number of aromatic nitrogens is 4. The lowest BCUT2D eigenvalue weighted by Crippen LogP contribution is -2.44. The Labute approximate surface area is 192 Å². The Kier molecular flexibility index (Phi) is 5.20. The Morgan fingerprint density at radius 3 is 2.88 bits per heavy atom. The Hall–Kier alpha value is -3.48. The molecule has 3 aliphatic rings. The fourth-order valence-electron chi connectivity index (χ4n) is 4.60. The molecule has 0 saturated carbocycles. The second-order valence-electron chi connectivity index (χ2n) is 8.49. The maximum atomic E-state index is 14.6. The highest BCUT2D eigenvalue weighted by Gasteiger charge is 2.33. The molecular formula is C22H21FN6O5. The van der Waals surface area contributed by atoms with Crippen molar-refractivity contribution < 1.29 is 23.4 Å². The number of pyridine rings is 2. The maximum Gasteiger partial charge on any atom is 0.263 e. The minimum atomic E-state index is -0.508. The third kappa shape index (κ3) is 3.79. The van der Waals surface area contributed by atoms with Crippen molar-refractivity contribution in [2.45, 2.75) is 37.8 Å². The third-order valence-electron chi connectivity index (χ3n) is 6.21. The summed E-state index contributed by atoms with van der Waals surface area (Å²) in [6.45, 7) is 1.50. The van der Waals surface area contributed by atoms with Crippen molar-refractivity contribution in [1.29, 1.82) is 0 Å². The summed E-state index contributed by atoms with van der Waals surface area (Å²) in [5.74, 6) is -0.318. The molecule has 0 spiro atoms. The summed E-state index contributed by atoms with van der Waals surface area (Å²) in [7, 11) is 0. The summed E-state index contributed by atoms with van der Waals surface area (Å²) in [4.78, 5) is 36.4. The molecule has 1 fully saturated rings. The summed E-state index contributed by atoms with van der Waals surface area (Å²) in [5.41, 5.74) is 2.12. The van der Waals surface area contributed by atoms with Gasteiger partial charge in [-0.3, -0.25) is 14.6 Å². The topological polar surface area (TPSA) is 129 Å². The highest BCUT2D eigenvalue weighted by molar-refractivity contribution is 5.93. The zero-order valence-corrected chi connectivity index (χ0v) is 18.0. The number of ether oxygens (including phenoxy) is 3. The van der Waals surface area contributed by atoms with Crippen molar-refractivity contribution in [3.63, 3.8) is 0 Å². The Balaban J connectivity index is 1.06. The highest BCUT2D eigenvalue weighted by Crippen LogP contribution is 2.37. The molecular weight excluding hydrogens is 447 g/mol. The first-order chi connectivity index (χ1) is 16.5. The van der Waals surface area contributed by atoms with E-state index in [0.29, 0.717) is 66.7 Å². The molecule has 176 valence electrons. The van der Waals surface area contributed by atoms with Gasteiger partial charge in [-0.2, -0.15) is 0 Å². The van der Waals surface area contributed by atoms with Crippen LogP contribution in [0.25, 0.3) is 11.0 Å². The highest BCUT2D eigenvalue weighted by atomic mass is 19.1. The van der Waals surface area contributed by atoms with Gasteiger partial charge in [0.05, 0.1) is 48.4 Å². The van der Waals surface area contributed by atoms with Crippen LogP contribution < -0.4 is 20.9 Å². The number of carbonyl (C=O) groups excluding carboxylic acids is 1. The van der Waals surface area contributed by atoms with Crippen molar-refractivity contribution in [2.24, 2.45) is 0 Å². The fraction of sp³-hybridized carbons (Fsp3) is 0.409. The van der Waals surface area contributed by atoms with E-state index in [9.17, 15) is 14.0 Å². The quantitative estimate of drug-likeness (QED) is 0.555. The molecule has 6 heterocycles. The lowest BCUT2D eigenvalue weighted by atomic mass is 9.97. The predicted molar refractivity (Wildman–Crippen MR) is 116 cm³/mol. The van der Waals surface area contributed by atoms with Gasteiger partial charge in [0.2, 0.25) is 0 Å². The molecule has 0 aliphatic carbocycles. The van der Waals surface area contributed by atoms with Gasteiger partial charge in [-0.05, 0) is 6.07 Å². The van der Waals surface area contributed by atoms with Gasteiger partial charge in [0.1, 0.15) is 5.82 Å². The molecule has 12 heteroatoms. The standard InChI is InChI=1S/C22H21FN6O5/c23-14-6-25-15-1-2-17(31)29-7-11(19(14)20(15)29)3-18-32-8-13(9-33-18)24-4-12-5-26-22-21(27-12)28-16(30)10-34-22/h1-2,5-6,11,13,18,24H,3-4,7-10H2,(H,27,28,30). The number of nitrogens with one attached hydrogen (secondary N) is 2. The normalized spacial score (nSPS) is 23.4.